The maximum absolute atomic E-state index is 11.0. The first-order valence-electron chi connectivity index (χ1n) is 9.08. The van der Waals surface area contributed by atoms with Crippen LogP contribution in [0.2, 0.25) is 0 Å². The number of hydrogen-bond acceptors (Lipinski definition) is 10. The van der Waals surface area contributed by atoms with Gasteiger partial charge in [-0.05, 0) is 18.2 Å². The molecule has 2 aromatic carbocycles. The van der Waals surface area contributed by atoms with Crippen LogP contribution in [-0.2, 0) is 9.47 Å². The Balaban J connectivity index is 1.56. The van der Waals surface area contributed by atoms with Gasteiger partial charge in [0.25, 0.3) is 17.1 Å². The zero-order valence-electron chi connectivity index (χ0n) is 16.3. The second-order valence-electron chi connectivity index (χ2n) is 5.97. The standard InChI is InChI=1S/C18H20N4O9/c23-20(24)14-1-4-16(5-2-14)31-12-11-30-10-9-29-8-7-19-17-6-3-15(21(25)26)13-18(17)22(27)28/h1-6,13,19H,7-12H2. The predicted octanol–water partition coefficient (Wildman–Crippen LogP) is 2.94. The van der Waals surface area contributed by atoms with Crippen LogP contribution in [0.4, 0.5) is 22.7 Å². The van der Waals surface area contributed by atoms with E-state index in [1.54, 1.807) is 0 Å². The van der Waals surface area contributed by atoms with Gasteiger partial charge >= 0.3 is 0 Å². The van der Waals surface area contributed by atoms with Gasteiger partial charge in [0.1, 0.15) is 18.0 Å². The molecule has 0 aliphatic carbocycles. The van der Waals surface area contributed by atoms with Gasteiger partial charge in [-0.1, -0.05) is 0 Å². The number of nitrogens with zero attached hydrogens (tertiary/aromatic N) is 3. The van der Waals surface area contributed by atoms with Gasteiger partial charge in [-0.15, -0.1) is 0 Å². The summed E-state index contributed by atoms with van der Waals surface area (Å²) in [4.78, 5) is 30.5. The maximum Gasteiger partial charge on any atom is 0.299 e. The third-order valence-electron chi connectivity index (χ3n) is 3.87. The fourth-order valence-corrected chi connectivity index (χ4v) is 2.40. The highest BCUT2D eigenvalue weighted by atomic mass is 16.6. The van der Waals surface area contributed by atoms with Crippen molar-refractivity contribution in [3.05, 3.63) is 72.8 Å². The van der Waals surface area contributed by atoms with E-state index >= 15 is 0 Å². The van der Waals surface area contributed by atoms with Crippen molar-refractivity contribution in [1.82, 2.24) is 0 Å². The normalized spacial score (nSPS) is 10.5. The first-order chi connectivity index (χ1) is 14.9. The number of nitro benzene ring substituents is 3. The van der Waals surface area contributed by atoms with Crippen molar-refractivity contribution in [1.29, 1.82) is 0 Å². The molecule has 0 saturated carbocycles. The summed E-state index contributed by atoms with van der Waals surface area (Å²) in [7, 11) is 0. The van der Waals surface area contributed by atoms with Gasteiger partial charge in [-0.2, -0.15) is 0 Å². The molecule has 166 valence electrons. The number of hydrogen-bond donors (Lipinski definition) is 1. The number of anilines is 1. The summed E-state index contributed by atoms with van der Waals surface area (Å²) in [6.45, 7) is 1.68. The minimum atomic E-state index is -0.698. The lowest BCUT2D eigenvalue weighted by molar-refractivity contribution is -0.393. The molecule has 0 spiro atoms. The van der Waals surface area contributed by atoms with Crippen molar-refractivity contribution in [2.45, 2.75) is 0 Å². The average molecular weight is 436 g/mol. The molecule has 0 bridgehead atoms. The zero-order chi connectivity index (χ0) is 22.6. The van der Waals surface area contributed by atoms with E-state index in [1.807, 2.05) is 0 Å². The lowest BCUT2D eigenvalue weighted by Gasteiger charge is -2.09. The highest BCUT2D eigenvalue weighted by Gasteiger charge is 2.18. The van der Waals surface area contributed by atoms with E-state index in [0.29, 0.717) is 25.6 Å². The molecule has 2 aromatic rings. The summed E-state index contributed by atoms with van der Waals surface area (Å²) >= 11 is 0. The monoisotopic (exact) mass is 436 g/mol. The van der Waals surface area contributed by atoms with Gasteiger partial charge < -0.3 is 19.5 Å². The molecule has 31 heavy (non-hydrogen) atoms. The van der Waals surface area contributed by atoms with E-state index in [9.17, 15) is 30.3 Å². The largest absolute Gasteiger partial charge is 0.491 e. The molecule has 0 fully saturated rings. The smallest absolute Gasteiger partial charge is 0.299 e. The minimum Gasteiger partial charge on any atom is -0.491 e. The fourth-order valence-electron chi connectivity index (χ4n) is 2.40. The van der Waals surface area contributed by atoms with E-state index < -0.39 is 14.8 Å². The third-order valence-corrected chi connectivity index (χ3v) is 3.87. The van der Waals surface area contributed by atoms with Gasteiger partial charge in [0.05, 0.1) is 47.3 Å². The lowest BCUT2D eigenvalue weighted by Crippen LogP contribution is -2.15. The van der Waals surface area contributed by atoms with E-state index in [2.05, 4.69) is 5.32 Å². The Morgan fingerprint density at radius 3 is 1.90 bits per heavy atom. The lowest BCUT2D eigenvalue weighted by atomic mass is 10.2. The van der Waals surface area contributed by atoms with Crippen LogP contribution in [0.1, 0.15) is 0 Å². The predicted molar refractivity (Wildman–Crippen MR) is 108 cm³/mol. The summed E-state index contributed by atoms with van der Waals surface area (Å²) in [5, 5.41) is 35.1. The van der Waals surface area contributed by atoms with Crippen molar-refractivity contribution in [2.24, 2.45) is 0 Å². The topological polar surface area (TPSA) is 169 Å². The number of nitrogens with one attached hydrogen (secondary N) is 1. The Bertz CT molecular complexity index is 905. The highest BCUT2D eigenvalue weighted by molar-refractivity contribution is 5.65. The first-order valence-corrected chi connectivity index (χ1v) is 9.08. The summed E-state index contributed by atoms with van der Waals surface area (Å²) in [5.41, 5.74) is -0.592. The van der Waals surface area contributed by atoms with Crippen molar-refractivity contribution in [2.75, 3.05) is 44.9 Å². The van der Waals surface area contributed by atoms with Crippen molar-refractivity contribution < 1.29 is 29.0 Å². The Labute approximate surface area is 176 Å². The Hall–Kier alpha value is -3.84. The average Bonchev–Trinajstić information content (AvgIpc) is 2.75. The number of benzene rings is 2. The van der Waals surface area contributed by atoms with Crippen molar-refractivity contribution in [3.8, 4) is 5.75 Å². The van der Waals surface area contributed by atoms with Crippen molar-refractivity contribution >= 4 is 22.7 Å². The minimum absolute atomic E-state index is 0.0154. The van der Waals surface area contributed by atoms with Gasteiger partial charge in [-0.3, -0.25) is 30.3 Å². The van der Waals surface area contributed by atoms with Crippen LogP contribution in [0.15, 0.2) is 42.5 Å². The summed E-state index contributed by atoms with van der Waals surface area (Å²) in [6.07, 6.45) is 0. The van der Waals surface area contributed by atoms with Crippen molar-refractivity contribution in [3.63, 3.8) is 0 Å². The number of non-ortho nitro benzene ring substituents is 2. The molecule has 0 atom stereocenters. The van der Waals surface area contributed by atoms with Gasteiger partial charge in [0.2, 0.25) is 0 Å². The molecule has 0 saturated heterocycles. The van der Waals surface area contributed by atoms with Gasteiger partial charge in [0, 0.05) is 24.7 Å². The quantitative estimate of drug-likeness (QED) is 0.264. The number of rotatable bonds is 14. The third kappa shape index (κ3) is 7.83. The number of nitro groups is 3. The molecular weight excluding hydrogens is 416 g/mol. The van der Waals surface area contributed by atoms with Gasteiger partial charge in [-0.25, -0.2) is 0 Å². The second kappa shape index (κ2) is 12.0. The molecule has 0 aliphatic heterocycles. The van der Waals surface area contributed by atoms with Gasteiger partial charge in [0.15, 0.2) is 0 Å². The molecular formula is C18H20N4O9. The molecule has 0 heterocycles. The molecule has 0 amide bonds. The van der Waals surface area contributed by atoms with Crippen LogP contribution in [0.5, 0.6) is 5.75 Å². The maximum atomic E-state index is 11.0. The molecule has 0 aromatic heterocycles. The summed E-state index contributed by atoms with van der Waals surface area (Å²) in [5.74, 6) is 0.497. The molecule has 0 unspecified atom stereocenters. The molecule has 2 rings (SSSR count). The van der Waals surface area contributed by atoms with E-state index in [0.717, 1.165) is 6.07 Å². The van der Waals surface area contributed by atoms with Crippen LogP contribution >= 0.6 is 0 Å². The molecule has 13 nitrogen and oxygen atoms in total. The molecule has 1 N–H and O–H groups in total. The SMILES string of the molecule is O=[N+]([O-])c1ccc(OCCOCCOCCNc2ccc([N+](=O)[O-])cc2[N+](=O)[O-])cc1. The van der Waals surface area contributed by atoms with E-state index in [1.165, 1.54) is 36.4 Å². The van der Waals surface area contributed by atoms with E-state index in [4.69, 9.17) is 14.2 Å². The van der Waals surface area contributed by atoms with Crippen LogP contribution in [0, 0.1) is 30.3 Å². The Morgan fingerprint density at radius 1 is 0.710 bits per heavy atom. The Kier molecular flexibility index (Phi) is 9.07. The Morgan fingerprint density at radius 2 is 1.29 bits per heavy atom. The summed E-state index contributed by atoms with van der Waals surface area (Å²) in [6, 6.07) is 9.07. The molecule has 0 radical (unpaired) electrons. The zero-order valence-corrected chi connectivity index (χ0v) is 16.3. The fraction of sp³-hybridized carbons (Fsp3) is 0.333. The number of ether oxygens (including phenoxy) is 3. The van der Waals surface area contributed by atoms with Crippen LogP contribution in [0.25, 0.3) is 0 Å². The first kappa shape index (κ1) is 23.4. The summed E-state index contributed by atoms with van der Waals surface area (Å²) < 4.78 is 16.1. The second-order valence-corrected chi connectivity index (χ2v) is 5.97. The van der Waals surface area contributed by atoms with Crippen LogP contribution in [-0.4, -0.2) is 54.3 Å². The molecule has 0 aliphatic rings. The highest BCUT2D eigenvalue weighted by Crippen LogP contribution is 2.28. The van der Waals surface area contributed by atoms with E-state index in [-0.39, 0.29) is 42.5 Å². The molecule has 13 heteroatoms. The van der Waals surface area contributed by atoms with Crippen LogP contribution in [0.3, 0.4) is 0 Å². The van der Waals surface area contributed by atoms with Crippen LogP contribution < -0.4 is 10.1 Å².